The zero-order valence-corrected chi connectivity index (χ0v) is 22.2. The first-order valence-electron chi connectivity index (χ1n) is 14.4. The van der Waals surface area contributed by atoms with Gasteiger partial charge in [-0.15, -0.1) is 0 Å². The highest BCUT2D eigenvalue weighted by Crippen LogP contribution is 2.42. The number of hydrogen-bond donors (Lipinski definition) is 1. The van der Waals surface area contributed by atoms with E-state index in [1.54, 1.807) is 6.92 Å². The van der Waals surface area contributed by atoms with E-state index < -0.39 is 115 Å². The van der Waals surface area contributed by atoms with E-state index in [0.29, 0.717) is 5.56 Å². The summed E-state index contributed by atoms with van der Waals surface area (Å²) in [6, 6.07) is 4.61. The molecule has 1 aliphatic carbocycles. The minimum absolute atomic E-state index is 0.0344. The number of rotatable bonds is 8. The Balaban J connectivity index is 2.00. The highest BCUT2D eigenvalue weighted by Gasteiger charge is 2.43. The molecule has 3 aromatic rings. The van der Waals surface area contributed by atoms with Gasteiger partial charge in [-0.1, -0.05) is 17.7 Å². The van der Waals surface area contributed by atoms with Gasteiger partial charge in [0.2, 0.25) is 5.88 Å². The fourth-order valence-corrected chi connectivity index (χ4v) is 7.62. The highest BCUT2D eigenvalue weighted by atomic mass is 32.2. The molecule has 41 heavy (non-hydrogen) atoms. The van der Waals surface area contributed by atoms with E-state index in [1.165, 1.54) is 16.9 Å². The molecule has 1 aliphatic rings. The quantitative estimate of drug-likeness (QED) is 0.353. The van der Waals surface area contributed by atoms with Crippen LogP contribution in [0, 0.1) is 12.7 Å². The third-order valence-corrected chi connectivity index (χ3v) is 9.46. The van der Waals surface area contributed by atoms with Crippen molar-refractivity contribution in [3.8, 4) is 5.88 Å². The van der Waals surface area contributed by atoms with Crippen LogP contribution in [0.15, 0.2) is 40.1 Å². The lowest BCUT2D eigenvalue weighted by molar-refractivity contribution is -0.143. The van der Waals surface area contributed by atoms with Crippen molar-refractivity contribution >= 4 is 25.7 Å². The standard InChI is InChI=1S/C24H23F6N3O6S2/c1-12-4-7-14(8-5-12)41(36,37)33-18-10-13(38-2)6-9-15(18)20(19(33)22(26)27)40(34,35)32-17-11-16(25)21(24(28,29)30)31-23(17)39-3/h4-5,7-8,11,13,22,32H,6,9-10H2,1-3H3/i2D3,3D3. The maximum absolute atomic E-state index is 14.9. The number of aromatic nitrogens is 2. The molecule has 0 amide bonds. The summed E-state index contributed by atoms with van der Waals surface area (Å²) in [7, 11) is -17.2. The number of nitrogens with one attached hydrogen (secondary N) is 1. The van der Waals surface area contributed by atoms with Crippen molar-refractivity contribution in [3.63, 3.8) is 0 Å². The lowest BCUT2D eigenvalue weighted by Gasteiger charge is -2.23. The minimum Gasteiger partial charge on any atom is -0.479 e. The Morgan fingerprint density at radius 1 is 1.15 bits per heavy atom. The third-order valence-electron chi connectivity index (χ3n) is 6.21. The van der Waals surface area contributed by atoms with Crippen LogP contribution >= 0.6 is 0 Å². The number of halogens is 6. The van der Waals surface area contributed by atoms with Crippen molar-refractivity contribution in [3.05, 3.63) is 64.4 Å². The monoisotopic (exact) mass is 633 g/mol. The number of fused-ring (bicyclic) bond motifs is 1. The average molecular weight is 634 g/mol. The van der Waals surface area contributed by atoms with Crippen molar-refractivity contribution in [2.75, 3.05) is 18.8 Å². The molecule has 0 saturated heterocycles. The maximum Gasteiger partial charge on any atom is 0.436 e. The number of aryl methyl sites for hydroxylation is 1. The van der Waals surface area contributed by atoms with Crippen LogP contribution in [0.25, 0.3) is 0 Å². The molecule has 224 valence electrons. The van der Waals surface area contributed by atoms with Gasteiger partial charge >= 0.3 is 6.18 Å². The van der Waals surface area contributed by atoms with Gasteiger partial charge in [0, 0.05) is 25.2 Å². The molecule has 0 saturated carbocycles. The second-order valence-electron chi connectivity index (χ2n) is 8.88. The topological polar surface area (TPSA) is 117 Å². The van der Waals surface area contributed by atoms with Gasteiger partial charge in [0.1, 0.15) is 16.3 Å². The van der Waals surface area contributed by atoms with Crippen LogP contribution in [0.2, 0.25) is 0 Å². The Kier molecular flexibility index (Phi) is 6.15. The fourth-order valence-electron chi connectivity index (χ4n) is 4.43. The third kappa shape index (κ3) is 5.61. The molecule has 1 unspecified atom stereocenters. The Morgan fingerprint density at radius 3 is 2.41 bits per heavy atom. The molecule has 1 atom stereocenters. The average Bonchev–Trinajstić information content (AvgIpc) is 3.24. The molecule has 0 aliphatic heterocycles. The van der Waals surface area contributed by atoms with E-state index >= 15 is 0 Å². The smallest absolute Gasteiger partial charge is 0.436 e. The number of nitrogens with zero attached hydrogens (tertiary/aromatic N) is 2. The van der Waals surface area contributed by atoms with Gasteiger partial charge in [0.15, 0.2) is 11.5 Å². The number of anilines is 1. The second-order valence-corrected chi connectivity index (χ2v) is 12.3. The van der Waals surface area contributed by atoms with Crippen LogP contribution in [0.1, 0.15) is 49.3 Å². The Morgan fingerprint density at radius 2 is 1.83 bits per heavy atom. The first-order chi connectivity index (χ1) is 21.3. The Bertz CT molecular complexity index is 1900. The molecule has 2 heterocycles. The van der Waals surface area contributed by atoms with Gasteiger partial charge in [-0.05, 0) is 37.5 Å². The van der Waals surface area contributed by atoms with Gasteiger partial charge in [0.05, 0.1) is 26.3 Å². The molecule has 0 fully saturated rings. The summed E-state index contributed by atoms with van der Waals surface area (Å²) in [4.78, 5) is 0.806. The van der Waals surface area contributed by atoms with Crippen LogP contribution in [-0.2, 0) is 43.8 Å². The molecular formula is C24H23F6N3O6S2. The van der Waals surface area contributed by atoms with Gasteiger partial charge < -0.3 is 9.47 Å². The van der Waals surface area contributed by atoms with Gasteiger partial charge in [-0.25, -0.2) is 39.0 Å². The number of methoxy groups -OCH3 is 2. The van der Waals surface area contributed by atoms with E-state index in [0.717, 1.165) is 12.1 Å². The molecule has 1 N–H and O–H groups in total. The molecule has 0 spiro atoms. The first kappa shape index (κ1) is 23.3. The summed E-state index contributed by atoms with van der Waals surface area (Å²) in [5.74, 6) is -3.80. The van der Waals surface area contributed by atoms with Crippen LogP contribution < -0.4 is 9.46 Å². The Labute approximate surface area is 239 Å². The van der Waals surface area contributed by atoms with Gasteiger partial charge in [-0.2, -0.15) is 13.2 Å². The fraction of sp³-hybridized carbons (Fsp3) is 0.375. The second kappa shape index (κ2) is 10.8. The largest absolute Gasteiger partial charge is 0.479 e. The summed E-state index contributed by atoms with van der Waals surface area (Å²) < 4.78 is 194. The first-order valence-corrected chi connectivity index (χ1v) is 14.3. The molecule has 1 aromatic carbocycles. The predicted molar refractivity (Wildman–Crippen MR) is 133 cm³/mol. The number of hydrogen-bond acceptors (Lipinski definition) is 7. The lowest BCUT2D eigenvalue weighted by atomic mass is 9.95. The molecule has 0 radical (unpaired) electrons. The summed E-state index contributed by atoms with van der Waals surface area (Å²) in [6.45, 7) is 1.59. The SMILES string of the molecule is [2H]C([2H])([2H])Oc1nc(C(F)(F)F)c(F)cc1NS(=O)(=O)c1c2c(n(S(=O)(=O)c3ccc(C)cc3)c1C(F)F)CC(OC([2H])([2H])[2H])CC2. The minimum atomic E-state index is -5.57. The van der Waals surface area contributed by atoms with E-state index in [-0.39, 0.29) is 16.5 Å². The lowest BCUT2D eigenvalue weighted by Crippen LogP contribution is -2.26. The number of benzene rings is 1. The van der Waals surface area contributed by atoms with Crippen molar-refractivity contribution in [1.29, 1.82) is 0 Å². The number of sulfonamides is 1. The molecular weight excluding hydrogens is 604 g/mol. The number of alkyl halides is 5. The molecule has 4 rings (SSSR count). The summed E-state index contributed by atoms with van der Waals surface area (Å²) in [5, 5.41) is 0. The van der Waals surface area contributed by atoms with Crippen molar-refractivity contribution in [1.82, 2.24) is 8.96 Å². The van der Waals surface area contributed by atoms with Crippen LogP contribution in [0.3, 0.4) is 0 Å². The summed E-state index contributed by atoms with van der Waals surface area (Å²) in [5.41, 5.74) is -5.87. The summed E-state index contributed by atoms with van der Waals surface area (Å²) >= 11 is 0. The van der Waals surface area contributed by atoms with E-state index in [4.69, 9.17) is 13.0 Å². The van der Waals surface area contributed by atoms with E-state index in [9.17, 15) is 43.2 Å². The Hall–Kier alpha value is -3.31. The van der Waals surface area contributed by atoms with Crippen LogP contribution in [0.5, 0.6) is 5.88 Å². The predicted octanol–water partition coefficient (Wildman–Crippen LogP) is 4.84. The molecule has 0 bridgehead atoms. The van der Waals surface area contributed by atoms with Gasteiger partial charge in [0.25, 0.3) is 26.5 Å². The van der Waals surface area contributed by atoms with Crippen molar-refractivity contribution in [2.24, 2.45) is 0 Å². The molecule has 2 aromatic heterocycles. The maximum atomic E-state index is 14.9. The van der Waals surface area contributed by atoms with Crippen LogP contribution in [0.4, 0.5) is 32.0 Å². The van der Waals surface area contributed by atoms with E-state index in [1.807, 2.05) is 0 Å². The normalized spacial score (nSPS) is 18.9. The molecule has 17 heteroatoms. The zero-order chi connectivity index (χ0) is 35.5. The van der Waals surface area contributed by atoms with E-state index in [2.05, 4.69) is 9.72 Å². The van der Waals surface area contributed by atoms with Gasteiger partial charge in [-0.3, -0.25) is 4.72 Å². The van der Waals surface area contributed by atoms with Crippen molar-refractivity contribution < 1.29 is 60.9 Å². The molecule has 9 nitrogen and oxygen atoms in total. The highest BCUT2D eigenvalue weighted by molar-refractivity contribution is 7.93. The van der Waals surface area contributed by atoms with Crippen molar-refractivity contribution in [2.45, 2.75) is 54.7 Å². The number of ether oxygens (including phenoxy) is 2. The summed E-state index contributed by atoms with van der Waals surface area (Å²) in [6.07, 6.45) is -12.3. The van der Waals surface area contributed by atoms with Crippen LogP contribution in [-0.4, -0.2) is 46.0 Å². The number of pyridine rings is 1. The zero-order valence-electron chi connectivity index (χ0n) is 26.6.